The summed E-state index contributed by atoms with van der Waals surface area (Å²) in [5.41, 5.74) is 15.1. The van der Waals surface area contributed by atoms with Crippen LogP contribution < -0.4 is 42.0 Å². The number of carbonyl (C=O) groups is 10. The first-order chi connectivity index (χ1) is 53.6. The van der Waals surface area contributed by atoms with Crippen LogP contribution in [-0.4, -0.2) is 207 Å². The van der Waals surface area contributed by atoms with Crippen LogP contribution in [0.1, 0.15) is 154 Å². The molecule has 2 unspecified atom stereocenters. The molecule has 12 rings (SSSR count). The van der Waals surface area contributed by atoms with Gasteiger partial charge in [0.1, 0.15) is 36.9 Å². The van der Waals surface area contributed by atoms with Crippen LogP contribution in [-0.2, 0) is 74.5 Å². The molecule has 4 fully saturated rings. The smallest absolute Gasteiger partial charge is 0.410 e. The Kier molecular flexibility index (Phi) is 26.1. The van der Waals surface area contributed by atoms with Gasteiger partial charge in [0.15, 0.2) is 10.8 Å². The lowest BCUT2D eigenvalue weighted by Crippen LogP contribution is -2.64. The molecule has 4 atom stereocenters. The Labute approximate surface area is 659 Å². The first kappa shape index (κ1) is 83.5. The third-order valence-corrected chi connectivity index (χ3v) is 23.6. The van der Waals surface area contributed by atoms with Crippen LogP contribution in [0, 0.1) is 29.1 Å². The van der Waals surface area contributed by atoms with Crippen molar-refractivity contribution >= 4 is 108 Å². The second-order valence-electron chi connectivity index (χ2n) is 31.7. The number of carboxylic acids is 2. The van der Waals surface area contributed by atoms with Crippen LogP contribution in [0.4, 0.5) is 26.2 Å². The number of aromatic nitrogens is 4. The van der Waals surface area contributed by atoms with Crippen LogP contribution in [0.3, 0.4) is 0 Å². The number of primary amides is 2. The van der Waals surface area contributed by atoms with Gasteiger partial charge in [-0.1, -0.05) is 69.7 Å². The van der Waals surface area contributed by atoms with Gasteiger partial charge in [-0.15, -0.1) is 0 Å². The lowest BCUT2D eigenvalue weighted by atomic mass is 9.39. The number of nitrogens with two attached hydrogens (primary N) is 2. The molecule has 3 aromatic carbocycles. The minimum absolute atomic E-state index is 0.00845. The van der Waals surface area contributed by atoms with Crippen molar-refractivity contribution in [2.24, 2.45) is 33.6 Å². The number of aliphatic carboxylic acids is 1. The number of unbranched alkanes of at least 4 members (excludes halogenated alkanes) is 2. The maximum absolute atomic E-state index is 14.8. The highest BCUT2D eigenvalue weighted by Crippen LogP contribution is 2.72. The molecule has 606 valence electrons. The molecule has 0 radical (unpaired) electrons. The molecule has 6 aromatic rings. The average molecular weight is 1600 g/mol. The van der Waals surface area contributed by atoms with E-state index >= 15 is 0 Å². The Bertz CT molecular complexity index is 4690. The Morgan fingerprint density at radius 2 is 1.51 bits per heavy atom. The highest BCUT2D eigenvalue weighted by atomic mass is 32.2. The first-order valence-electron chi connectivity index (χ1n) is 38.1. The fourth-order valence-electron chi connectivity index (χ4n) is 17.9. The molecule has 5 heterocycles. The number of nitrogens with zero attached hydrogens (tertiary/aromatic N) is 9. The van der Waals surface area contributed by atoms with Crippen molar-refractivity contribution in [2.45, 2.75) is 162 Å². The number of nitrogens with one attached hydrogen (secondary N) is 3. The molecule has 6 aliphatic rings. The number of hydrogen-bond acceptors (Lipinski definition) is 21. The second kappa shape index (κ2) is 35.3. The number of benzene rings is 3. The number of para-hydroxylation sites is 1. The zero-order valence-electron chi connectivity index (χ0n) is 64.4. The highest BCUT2D eigenvalue weighted by molar-refractivity contribution is 7.85. The molecule has 113 heavy (non-hydrogen) atoms. The molecular weight excluding hydrogens is 1500 g/mol. The largest absolute Gasteiger partial charge is 0.491 e. The molecule has 4 bridgehead atoms. The molecule has 0 saturated heterocycles. The number of ether oxygens (including phenoxy) is 3. The number of thiazole rings is 1. The number of pyridine rings is 1. The number of fused-ring (bicyclic) bond motifs is 2. The van der Waals surface area contributed by atoms with Gasteiger partial charge in [-0.2, -0.15) is 13.5 Å². The molecule has 9 amide bonds. The summed E-state index contributed by atoms with van der Waals surface area (Å²) >= 11 is 1.31. The molecule has 34 heteroatoms. The van der Waals surface area contributed by atoms with Crippen molar-refractivity contribution in [3.05, 3.63) is 125 Å². The standard InChI is InChI=1S/C79H100N14O18S2/c1-49(2)67(86-63(94)16-8-7-11-30-91-64(95)25-26-65(91)96)71(101)93(59(69(80)99)14-12-29-82-73(81)104)52-19-17-51(18-20-52)41-110-75(105)89(32-28-66(97)98)34-36-109-60-23-21-55(70(100)87-74-84-58-13-9-10-15-61(58)112-74)57-40-90(31-27-53(57)60)62-24-22-54(68(85-62)72(102)103)56-39-83-92(50(56)3)48-78-43-76(4)42-77(5,44-78)46-79(45-76,47-78)111-37-33-88(6)35-38-113(106,107)108/h9-10,13,15,17-26,39,49,59,67H,7-8,11-12,14,16,27-38,40-48H2,1-6H3,(H2,80,99)(H,86,94)(H,97,98)(H,102,103)(H3,81,82,104)(H,84,87,100)(H,106,107,108)/t59-,67-,76?,77?,78?,79?/m0/s1. The van der Waals surface area contributed by atoms with Gasteiger partial charge in [0.05, 0.1) is 47.3 Å². The summed E-state index contributed by atoms with van der Waals surface area (Å²) in [6.07, 6.45) is 10.2. The number of imide groups is 1. The van der Waals surface area contributed by atoms with E-state index in [2.05, 4.69) is 34.8 Å². The van der Waals surface area contributed by atoms with E-state index in [0.29, 0.717) is 95.5 Å². The van der Waals surface area contributed by atoms with Crippen molar-refractivity contribution < 1.29 is 85.3 Å². The molecule has 4 aliphatic carbocycles. The van der Waals surface area contributed by atoms with Gasteiger partial charge in [-0.05, 0) is 166 Å². The number of aromatic carboxylic acids is 1. The Hall–Kier alpha value is -10.4. The van der Waals surface area contributed by atoms with Gasteiger partial charge in [-0.25, -0.2) is 24.4 Å². The van der Waals surface area contributed by atoms with Gasteiger partial charge in [0, 0.05) is 105 Å². The van der Waals surface area contributed by atoms with Gasteiger partial charge >= 0.3 is 24.1 Å². The van der Waals surface area contributed by atoms with Crippen molar-refractivity contribution in [1.82, 2.24) is 45.1 Å². The van der Waals surface area contributed by atoms with Gasteiger partial charge in [-0.3, -0.25) is 57.9 Å². The Morgan fingerprint density at radius 3 is 2.19 bits per heavy atom. The summed E-state index contributed by atoms with van der Waals surface area (Å²) in [6.45, 7) is 11.4. The molecule has 3 aromatic heterocycles. The zero-order valence-corrected chi connectivity index (χ0v) is 66.1. The number of rotatable bonds is 39. The predicted molar refractivity (Wildman–Crippen MR) is 419 cm³/mol. The van der Waals surface area contributed by atoms with Crippen molar-refractivity contribution in [1.29, 1.82) is 0 Å². The third kappa shape index (κ3) is 20.7. The quantitative estimate of drug-likeness (QED) is 0.0103. The first-order valence-corrected chi connectivity index (χ1v) is 40.5. The number of carbonyl (C=O) groups excluding carboxylic acids is 8. The molecule has 0 spiro atoms. The van der Waals surface area contributed by atoms with E-state index in [1.54, 1.807) is 63.5 Å². The summed E-state index contributed by atoms with van der Waals surface area (Å²) in [5.74, 6) is -5.87. The Morgan fingerprint density at radius 1 is 0.788 bits per heavy atom. The molecular formula is C79H100N14O18S2. The van der Waals surface area contributed by atoms with E-state index < -0.39 is 99.6 Å². The number of likely N-dealkylation sites (N-methyl/N-ethyl adjacent to an activating group) is 1. The van der Waals surface area contributed by atoms with E-state index in [1.165, 1.54) is 45.4 Å². The summed E-state index contributed by atoms with van der Waals surface area (Å²) in [7, 11) is -2.30. The van der Waals surface area contributed by atoms with Crippen LogP contribution in [0.2, 0.25) is 0 Å². The minimum Gasteiger partial charge on any atom is -0.491 e. The lowest BCUT2D eigenvalue weighted by molar-refractivity contribution is -0.248. The van der Waals surface area contributed by atoms with Crippen LogP contribution in [0.15, 0.2) is 91.1 Å². The Balaban J connectivity index is 0.776. The topological polar surface area (TPSA) is 441 Å². The van der Waals surface area contributed by atoms with Crippen molar-refractivity contribution in [3.63, 3.8) is 0 Å². The minimum atomic E-state index is -4.11. The third-order valence-electron chi connectivity index (χ3n) is 22.0. The maximum Gasteiger partial charge on any atom is 0.410 e. The van der Waals surface area contributed by atoms with E-state index in [4.69, 9.17) is 35.8 Å². The number of amides is 9. The number of hydrogen-bond donors (Lipinski definition) is 8. The molecule has 10 N–H and O–H groups in total. The summed E-state index contributed by atoms with van der Waals surface area (Å²) < 4.78 is 54.2. The fraction of sp³-hybridized carbons (Fsp3) is 0.506. The maximum atomic E-state index is 14.8. The monoisotopic (exact) mass is 1600 g/mol. The van der Waals surface area contributed by atoms with E-state index in [9.17, 15) is 71.1 Å². The van der Waals surface area contributed by atoms with Gasteiger partial charge in [0.25, 0.3) is 33.7 Å². The van der Waals surface area contributed by atoms with Crippen LogP contribution in [0.5, 0.6) is 5.75 Å². The highest BCUT2D eigenvalue weighted by Gasteiger charge is 2.66. The van der Waals surface area contributed by atoms with E-state index in [-0.39, 0.29) is 117 Å². The molecule has 4 saturated carbocycles. The van der Waals surface area contributed by atoms with Crippen molar-refractivity contribution in [3.8, 4) is 16.9 Å². The van der Waals surface area contributed by atoms with Gasteiger partial charge < -0.3 is 61.2 Å². The number of urea groups is 1. The average Bonchev–Trinajstić information content (AvgIpc) is 1.64. The number of anilines is 3. The molecule has 2 aliphatic heterocycles. The van der Waals surface area contributed by atoms with Crippen LogP contribution >= 0.6 is 11.3 Å². The van der Waals surface area contributed by atoms with Gasteiger partial charge in [0.2, 0.25) is 11.8 Å². The lowest BCUT2D eigenvalue weighted by Gasteiger charge is -2.69. The second-order valence-corrected chi connectivity index (χ2v) is 34.3. The molecule has 32 nitrogen and oxygen atoms in total. The van der Waals surface area contributed by atoms with E-state index in [1.807, 2.05) is 45.7 Å². The van der Waals surface area contributed by atoms with E-state index in [0.717, 1.165) is 53.8 Å². The predicted octanol–water partition coefficient (Wildman–Crippen LogP) is 8.09. The zero-order chi connectivity index (χ0) is 81.3. The van der Waals surface area contributed by atoms with Crippen LogP contribution in [0.25, 0.3) is 21.3 Å². The fourth-order valence-corrected chi connectivity index (χ4v) is 19.3. The SMILES string of the molecule is Cc1c(-c2ccc(N3CCc4c(OCCN(CCC(=O)O)C(=O)OCc5ccc(N(C(=O)[C@@H](NC(=O)CCCCCN6C(=O)C=CC6=O)C(C)C)[C@@H](CCCNC(N)=O)C(N)=O)cc5)ccc(C(=O)Nc5nc6ccccc6s5)c4C3)nc2C(=O)O)cnn1CC12CC3(C)CC(C)(C1)CC(OCCN(C)CCS(=O)(=O)O)(C3)C2. The number of carboxylic acid groups (broad SMARTS) is 2. The summed E-state index contributed by atoms with van der Waals surface area (Å²) in [5, 5.41) is 34.3. The summed E-state index contributed by atoms with van der Waals surface area (Å²) in [6, 6.07) is 17.1. The summed E-state index contributed by atoms with van der Waals surface area (Å²) in [4.78, 5) is 148. The normalized spacial score (nSPS) is 20.2. The van der Waals surface area contributed by atoms with Crippen molar-refractivity contribution in [2.75, 3.05) is 86.9 Å².